The third-order valence-corrected chi connectivity index (χ3v) is 5.03. The zero-order valence-electron chi connectivity index (χ0n) is 10.5. The fourth-order valence-electron chi connectivity index (χ4n) is 2.19. The third kappa shape index (κ3) is 2.46. The largest absolute Gasteiger partial charge is 0.481 e. The van der Waals surface area contributed by atoms with Crippen LogP contribution in [0.5, 0.6) is 0 Å². The van der Waals surface area contributed by atoms with E-state index in [2.05, 4.69) is 4.98 Å². The Morgan fingerprint density at radius 3 is 2.95 bits per heavy atom. The smallest absolute Gasteiger partial charge is 0.308 e. The molecule has 0 unspecified atom stereocenters. The van der Waals surface area contributed by atoms with Gasteiger partial charge in [-0.1, -0.05) is 0 Å². The number of aromatic nitrogens is 1. The second-order valence-corrected chi connectivity index (χ2v) is 6.43. The fourth-order valence-corrected chi connectivity index (χ4v) is 3.79. The number of aliphatic carboxylic acids is 1. The maximum absolute atomic E-state index is 12.3. The zero-order valence-corrected chi connectivity index (χ0v) is 12.1. The Kier molecular flexibility index (Phi) is 3.54. The van der Waals surface area contributed by atoms with Crippen LogP contribution in [0.2, 0.25) is 0 Å². The molecule has 0 saturated carbocycles. The van der Waals surface area contributed by atoms with Crippen LogP contribution in [0.15, 0.2) is 23.0 Å². The summed E-state index contributed by atoms with van der Waals surface area (Å²) in [5, 5.41) is 13.7. The fraction of sp³-hybridized carbons (Fsp3) is 0.308. The SMILES string of the molecule is O=C(O)[C@@H]1CCN(C(=O)c2cnc(-c3ccsc3)s2)C1. The number of hydrogen-bond acceptors (Lipinski definition) is 5. The number of nitrogens with zero attached hydrogens (tertiary/aromatic N) is 2. The van der Waals surface area contributed by atoms with Gasteiger partial charge in [-0.3, -0.25) is 9.59 Å². The summed E-state index contributed by atoms with van der Waals surface area (Å²) >= 11 is 2.94. The number of carboxylic acid groups (broad SMARTS) is 1. The number of carboxylic acids is 1. The molecule has 0 spiro atoms. The minimum atomic E-state index is -0.830. The molecule has 1 saturated heterocycles. The summed E-state index contributed by atoms with van der Waals surface area (Å²) in [6.45, 7) is 0.793. The first-order chi connectivity index (χ1) is 9.65. The number of likely N-dealkylation sites (tertiary alicyclic amines) is 1. The summed E-state index contributed by atoms with van der Waals surface area (Å²) < 4.78 is 0. The summed E-state index contributed by atoms with van der Waals surface area (Å²) in [7, 11) is 0. The molecular formula is C13H12N2O3S2. The van der Waals surface area contributed by atoms with E-state index in [1.54, 1.807) is 22.4 Å². The highest BCUT2D eigenvalue weighted by Gasteiger charge is 2.32. The van der Waals surface area contributed by atoms with Crippen molar-refractivity contribution in [3.05, 3.63) is 27.9 Å². The number of amides is 1. The normalized spacial score (nSPS) is 18.4. The Bertz CT molecular complexity index is 636. The van der Waals surface area contributed by atoms with E-state index < -0.39 is 11.9 Å². The monoisotopic (exact) mass is 308 g/mol. The Hall–Kier alpha value is -1.73. The van der Waals surface area contributed by atoms with Gasteiger partial charge >= 0.3 is 5.97 Å². The standard InChI is InChI=1S/C13H12N2O3S2/c16-12(15-3-1-8(6-15)13(17)18)10-5-14-11(20-10)9-2-4-19-7-9/h2,4-5,7-8H,1,3,6H2,(H,17,18)/t8-/m1/s1. The van der Waals surface area contributed by atoms with Crippen molar-refractivity contribution in [2.45, 2.75) is 6.42 Å². The van der Waals surface area contributed by atoms with E-state index in [-0.39, 0.29) is 5.91 Å². The Labute approximate surface area is 123 Å². The average molecular weight is 308 g/mol. The van der Waals surface area contributed by atoms with Crippen molar-refractivity contribution in [1.29, 1.82) is 0 Å². The van der Waals surface area contributed by atoms with Gasteiger partial charge < -0.3 is 10.0 Å². The van der Waals surface area contributed by atoms with Crippen molar-refractivity contribution in [2.75, 3.05) is 13.1 Å². The van der Waals surface area contributed by atoms with Gasteiger partial charge in [0.05, 0.1) is 12.1 Å². The first kappa shape index (κ1) is 13.3. The molecule has 1 amide bonds. The molecule has 1 fully saturated rings. The molecule has 0 bridgehead atoms. The Balaban J connectivity index is 1.74. The van der Waals surface area contributed by atoms with Gasteiger partial charge in [0.15, 0.2) is 0 Å². The van der Waals surface area contributed by atoms with Crippen molar-refractivity contribution in [3.63, 3.8) is 0 Å². The molecule has 3 heterocycles. The minimum absolute atomic E-state index is 0.118. The molecule has 1 N–H and O–H groups in total. The molecule has 0 aromatic carbocycles. The zero-order chi connectivity index (χ0) is 14.1. The summed E-state index contributed by atoms with van der Waals surface area (Å²) in [6, 6.07) is 1.97. The van der Waals surface area contributed by atoms with Gasteiger partial charge in [0.25, 0.3) is 5.91 Å². The van der Waals surface area contributed by atoms with E-state index in [1.165, 1.54) is 11.3 Å². The lowest BCUT2D eigenvalue weighted by molar-refractivity contribution is -0.141. The third-order valence-electron chi connectivity index (χ3n) is 3.31. The summed E-state index contributed by atoms with van der Waals surface area (Å²) in [6.07, 6.45) is 2.10. The molecule has 2 aromatic rings. The van der Waals surface area contributed by atoms with Crippen LogP contribution in [-0.4, -0.2) is 40.0 Å². The van der Waals surface area contributed by atoms with E-state index in [0.29, 0.717) is 24.4 Å². The highest BCUT2D eigenvalue weighted by atomic mass is 32.1. The van der Waals surface area contributed by atoms with Crippen LogP contribution < -0.4 is 0 Å². The molecule has 20 heavy (non-hydrogen) atoms. The van der Waals surface area contributed by atoms with E-state index in [9.17, 15) is 9.59 Å². The number of carbonyl (C=O) groups is 2. The van der Waals surface area contributed by atoms with Gasteiger partial charge in [-0.15, -0.1) is 11.3 Å². The van der Waals surface area contributed by atoms with Crippen molar-refractivity contribution in [3.8, 4) is 10.6 Å². The Morgan fingerprint density at radius 1 is 1.45 bits per heavy atom. The quantitative estimate of drug-likeness (QED) is 0.945. The second-order valence-electron chi connectivity index (χ2n) is 4.62. The van der Waals surface area contributed by atoms with Gasteiger partial charge in [0, 0.05) is 24.0 Å². The van der Waals surface area contributed by atoms with Crippen LogP contribution >= 0.6 is 22.7 Å². The molecule has 0 radical (unpaired) electrons. The van der Waals surface area contributed by atoms with Crippen molar-refractivity contribution < 1.29 is 14.7 Å². The molecule has 1 aliphatic heterocycles. The van der Waals surface area contributed by atoms with Crippen molar-refractivity contribution >= 4 is 34.6 Å². The van der Waals surface area contributed by atoms with E-state index in [1.807, 2.05) is 16.8 Å². The summed E-state index contributed by atoms with van der Waals surface area (Å²) in [4.78, 5) is 29.7. The molecule has 0 aliphatic carbocycles. The van der Waals surface area contributed by atoms with Crippen LogP contribution in [0.3, 0.4) is 0 Å². The molecule has 2 aromatic heterocycles. The minimum Gasteiger partial charge on any atom is -0.481 e. The molecule has 104 valence electrons. The van der Waals surface area contributed by atoms with E-state index in [0.717, 1.165) is 10.6 Å². The van der Waals surface area contributed by atoms with Crippen LogP contribution in [0.4, 0.5) is 0 Å². The number of rotatable bonds is 3. The number of carbonyl (C=O) groups excluding carboxylic acids is 1. The molecule has 3 rings (SSSR count). The van der Waals surface area contributed by atoms with Crippen LogP contribution in [0, 0.1) is 5.92 Å². The van der Waals surface area contributed by atoms with E-state index in [4.69, 9.17) is 5.11 Å². The average Bonchev–Trinajstić information content (AvgIpc) is 3.17. The van der Waals surface area contributed by atoms with Crippen molar-refractivity contribution in [1.82, 2.24) is 9.88 Å². The maximum Gasteiger partial charge on any atom is 0.308 e. The summed E-state index contributed by atoms with van der Waals surface area (Å²) in [5.74, 6) is -1.39. The van der Waals surface area contributed by atoms with Crippen LogP contribution in [-0.2, 0) is 4.79 Å². The Morgan fingerprint density at radius 2 is 2.30 bits per heavy atom. The lowest BCUT2D eigenvalue weighted by Gasteiger charge is -2.13. The van der Waals surface area contributed by atoms with E-state index >= 15 is 0 Å². The van der Waals surface area contributed by atoms with Gasteiger partial charge in [0.1, 0.15) is 9.88 Å². The predicted octanol–water partition coefficient (Wildman–Crippen LogP) is 2.42. The van der Waals surface area contributed by atoms with Gasteiger partial charge in [-0.25, -0.2) is 4.98 Å². The first-order valence-electron chi connectivity index (χ1n) is 6.15. The second kappa shape index (κ2) is 5.34. The van der Waals surface area contributed by atoms with Gasteiger partial charge in [-0.2, -0.15) is 11.3 Å². The van der Waals surface area contributed by atoms with Crippen molar-refractivity contribution in [2.24, 2.45) is 5.92 Å². The number of hydrogen-bond donors (Lipinski definition) is 1. The molecule has 1 aliphatic rings. The van der Waals surface area contributed by atoms with Crippen LogP contribution in [0.25, 0.3) is 10.6 Å². The molecule has 7 heteroatoms. The van der Waals surface area contributed by atoms with Gasteiger partial charge in [0.2, 0.25) is 0 Å². The lowest BCUT2D eigenvalue weighted by Crippen LogP contribution is -2.29. The maximum atomic E-state index is 12.3. The van der Waals surface area contributed by atoms with Crippen LogP contribution in [0.1, 0.15) is 16.1 Å². The topological polar surface area (TPSA) is 70.5 Å². The predicted molar refractivity (Wildman–Crippen MR) is 77.1 cm³/mol. The molecule has 1 atom stereocenters. The summed E-state index contributed by atoms with van der Waals surface area (Å²) in [5.41, 5.74) is 1.02. The molecular weight excluding hydrogens is 296 g/mol. The number of thiophene rings is 1. The highest BCUT2D eigenvalue weighted by molar-refractivity contribution is 7.17. The number of thiazole rings is 1. The lowest BCUT2D eigenvalue weighted by atomic mass is 10.1. The van der Waals surface area contributed by atoms with Gasteiger partial charge in [-0.05, 0) is 17.9 Å². The first-order valence-corrected chi connectivity index (χ1v) is 7.91. The highest BCUT2D eigenvalue weighted by Crippen LogP contribution is 2.28. The molecule has 5 nitrogen and oxygen atoms in total.